The second kappa shape index (κ2) is 6.09. The third-order valence-electron chi connectivity index (χ3n) is 3.78. The van der Waals surface area contributed by atoms with Gasteiger partial charge in [0.15, 0.2) is 0 Å². The van der Waals surface area contributed by atoms with Gasteiger partial charge in [-0.05, 0) is 56.9 Å². The van der Waals surface area contributed by atoms with Crippen LogP contribution in [-0.4, -0.2) is 18.0 Å². The lowest BCUT2D eigenvalue weighted by molar-refractivity contribution is 0.0943. The van der Waals surface area contributed by atoms with Crippen molar-refractivity contribution in [2.45, 2.75) is 52.1 Å². The number of carbonyl (C=O) groups is 1. The summed E-state index contributed by atoms with van der Waals surface area (Å²) in [6, 6.07) is 8.53. The zero-order chi connectivity index (χ0) is 13.8. The molecule has 1 aliphatic rings. The minimum Gasteiger partial charge on any atom is -0.382 e. The fraction of sp³-hybridized carbons (Fsp3) is 0.562. The number of hydrogen-bond acceptors (Lipinski definition) is 2. The summed E-state index contributed by atoms with van der Waals surface area (Å²) in [4.78, 5) is 11.8. The highest BCUT2D eigenvalue weighted by Crippen LogP contribution is 2.27. The molecule has 1 amide bonds. The molecule has 0 spiro atoms. The molecule has 3 heteroatoms. The third kappa shape index (κ3) is 3.72. The molecule has 1 aromatic carbocycles. The summed E-state index contributed by atoms with van der Waals surface area (Å²) < 4.78 is 0. The number of anilines is 1. The maximum atomic E-state index is 11.8. The van der Waals surface area contributed by atoms with E-state index in [9.17, 15) is 4.79 Å². The average Bonchev–Trinajstić information content (AvgIpc) is 2.75. The van der Waals surface area contributed by atoms with Gasteiger partial charge in [0.25, 0.3) is 5.91 Å². The number of nitrogens with one attached hydrogen (secondary N) is 2. The van der Waals surface area contributed by atoms with Crippen LogP contribution in [0.5, 0.6) is 0 Å². The molecule has 0 saturated heterocycles. The summed E-state index contributed by atoms with van der Waals surface area (Å²) >= 11 is 0. The summed E-state index contributed by atoms with van der Waals surface area (Å²) in [6.07, 6.45) is 3.87. The molecule has 2 unspecified atom stereocenters. The second-order valence-corrected chi connectivity index (χ2v) is 5.86. The smallest absolute Gasteiger partial charge is 0.251 e. The molecule has 1 aliphatic carbocycles. The first-order chi connectivity index (χ1) is 9.06. The first-order valence-electron chi connectivity index (χ1n) is 7.23. The van der Waals surface area contributed by atoms with E-state index in [4.69, 9.17) is 0 Å². The molecule has 104 valence electrons. The summed E-state index contributed by atoms with van der Waals surface area (Å²) in [6.45, 7) is 6.24. The van der Waals surface area contributed by atoms with E-state index < -0.39 is 0 Å². The van der Waals surface area contributed by atoms with Crippen molar-refractivity contribution >= 4 is 11.6 Å². The van der Waals surface area contributed by atoms with E-state index in [-0.39, 0.29) is 11.9 Å². The van der Waals surface area contributed by atoms with E-state index in [1.54, 1.807) is 0 Å². The predicted octanol–water partition coefficient (Wildman–Crippen LogP) is 3.43. The molecule has 1 saturated carbocycles. The molecule has 0 aliphatic heterocycles. The standard InChI is InChI=1S/C16H24N2O/c1-11(2)17-16(19)13-7-9-14(10-8-13)18-15-6-4-5-12(15)3/h7-12,15,18H,4-6H2,1-3H3,(H,17,19). The monoisotopic (exact) mass is 260 g/mol. The normalized spacial score (nSPS) is 22.5. The van der Waals surface area contributed by atoms with E-state index in [0.717, 1.165) is 17.2 Å². The number of benzene rings is 1. The molecule has 2 rings (SSSR count). The van der Waals surface area contributed by atoms with Crippen molar-refractivity contribution in [1.29, 1.82) is 0 Å². The van der Waals surface area contributed by atoms with Gasteiger partial charge in [0.1, 0.15) is 0 Å². The SMILES string of the molecule is CC(C)NC(=O)c1ccc(NC2CCCC2C)cc1. The summed E-state index contributed by atoms with van der Waals surface area (Å²) in [7, 11) is 0. The quantitative estimate of drug-likeness (QED) is 0.871. The van der Waals surface area contributed by atoms with Crippen molar-refractivity contribution in [2.75, 3.05) is 5.32 Å². The molecular weight excluding hydrogens is 236 g/mol. The summed E-state index contributed by atoms with van der Waals surface area (Å²) in [5.74, 6) is 0.736. The first kappa shape index (κ1) is 13.9. The van der Waals surface area contributed by atoms with Crippen LogP contribution in [0.3, 0.4) is 0 Å². The zero-order valence-electron chi connectivity index (χ0n) is 12.1. The highest BCUT2D eigenvalue weighted by Gasteiger charge is 2.22. The van der Waals surface area contributed by atoms with Gasteiger partial charge in [0, 0.05) is 23.3 Å². The Morgan fingerprint density at radius 3 is 2.42 bits per heavy atom. The number of rotatable bonds is 4. The maximum absolute atomic E-state index is 11.8. The topological polar surface area (TPSA) is 41.1 Å². The minimum absolute atomic E-state index is 0.00390. The number of hydrogen-bond donors (Lipinski definition) is 2. The number of carbonyl (C=O) groups excluding carboxylic acids is 1. The van der Waals surface area contributed by atoms with E-state index in [0.29, 0.717) is 6.04 Å². The van der Waals surface area contributed by atoms with Gasteiger partial charge in [-0.2, -0.15) is 0 Å². The second-order valence-electron chi connectivity index (χ2n) is 5.86. The van der Waals surface area contributed by atoms with E-state index in [1.165, 1.54) is 19.3 Å². The molecule has 0 bridgehead atoms. The van der Waals surface area contributed by atoms with Crippen molar-refractivity contribution in [2.24, 2.45) is 5.92 Å². The Labute approximate surface area is 115 Å². The van der Waals surface area contributed by atoms with Crippen LogP contribution in [0.25, 0.3) is 0 Å². The molecule has 1 fully saturated rings. The Morgan fingerprint density at radius 1 is 1.21 bits per heavy atom. The molecule has 2 N–H and O–H groups in total. The Balaban J connectivity index is 1.96. The van der Waals surface area contributed by atoms with Gasteiger partial charge in [0.2, 0.25) is 0 Å². The fourth-order valence-corrected chi connectivity index (χ4v) is 2.64. The van der Waals surface area contributed by atoms with Gasteiger partial charge >= 0.3 is 0 Å². The van der Waals surface area contributed by atoms with Crippen molar-refractivity contribution in [3.8, 4) is 0 Å². The lowest BCUT2D eigenvalue weighted by atomic mass is 10.1. The third-order valence-corrected chi connectivity index (χ3v) is 3.78. The van der Waals surface area contributed by atoms with Gasteiger partial charge in [-0.1, -0.05) is 13.3 Å². The lowest BCUT2D eigenvalue weighted by Crippen LogP contribution is -2.30. The van der Waals surface area contributed by atoms with Crippen LogP contribution in [0.1, 0.15) is 50.4 Å². The van der Waals surface area contributed by atoms with Gasteiger partial charge < -0.3 is 10.6 Å². The van der Waals surface area contributed by atoms with Gasteiger partial charge in [-0.25, -0.2) is 0 Å². The van der Waals surface area contributed by atoms with Crippen molar-refractivity contribution in [1.82, 2.24) is 5.32 Å². The van der Waals surface area contributed by atoms with Gasteiger partial charge in [-0.3, -0.25) is 4.79 Å². The summed E-state index contributed by atoms with van der Waals surface area (Å²) in [5, 5.41) is 6.47. The minimum atomic E-state index is -0.00390. The Kier molecular flexibility index (Phi) is 4.46. The fourth-order valence-electron chi connectivity index (χ4n) is 2.64. The molecule has 2 atom stereocenters. The summed E-state index contributed by atoms with van der Waals surface area (Å²) in [5.41, 5.74) is 1.83. The molecule has 0 heterocycles. The van der Waals surface area contributed by atoms with E-state index in [1.807, 2.05) is 38.1 Å². The molecule has 19 heavy (non-hydrogen) atoms. The lowest BCUT2D eigenvalue weighted by Gasteiger charge is -2.18. The van der Waals surface area contributed by atoms with E-state index in [2.05, 4.69) is 17.6 Å². The predicted molar refractivity (Wildman–Crippen MR) is 79.5 cm³/mol. The highest BCUT2D eigenvalue weighted by atomic mass is 16.1. The molecule has 0 aromatic heterocycles. The van der Waals surface area contributed by atoms with Gasteiger partial charge in [0.05, 0.1) is 0 Å². The Morgan fingerprint density at radius 2 is 1.89 bits per heavy atom. The maximum Gasteiger partial charge on any atom is 0.251 e. The Hall–Kier alpha value is -1.51. The van der Waals surface area contributed by atoms with Crippen molar-refractivity contribution < 1.29 is 4.79 Å². The van der Waals surface area contributed by atoms with Crippen molar-refractivity contribution in [3.05, 3.63) is 29.8 Å². The van der Waals surface area contributed by atoms with Crippen LogP contribution in [0.15, 0.2) is 24.3 Å². The number of amides is 1. The molecule has 0 radical (unpaired) electrons. The molecular formula is C16H24N2O. The first-order valence-corrected chi connectivity index (χ1v) is 7.23. The average molecular weight is 260 g/mol. The molecule has 1 aromatic rings. The Bertz CT molecular complexity index is 425. The van der Waals surface area contributed by atoms with Crippen LogP contribution in [0.4, 0.5) is 5.69 Å². The largest absolute Gasteiger partial charge is 0.382 e. The van der Waals surface area contributed by atoms with Crippen LogP contribution in [-0.2, 0) is 0 Å². The highest BCUT2D eigenvalue weighted by molar-refractivity contribution is 5.94. The van der Waals surface area contributed by atoms with Gasteiger partial charge in [-0.15, -0.1) is 0 Å². The van der Waals surface area contributed by atoms with Crippen LogP contribution >= 0.6 is 0 Å². The van der Waals surface area contributed by atoms with E-state index >= 15 is 0 Å². The zero-order valence-corrected chi connectivity index (χ0v) is 12.1. The van der Waals surface area contributed by atoms with Crippen LogP contribution < -0.4 is 10.6 Å². The van der Waals surface area contributed by atoms with Crippen LogP contribution in [0, 0.1) is 5.92 Å². The van der Waals surface area contributed by atoms with Crippen molar-refractivity contribution in [3.63, 3.8) is 0 Å². The van der Waals surface area contributed by atoms with Crippen LogP contribution in [0.2, 0.25) is 0 Å². The molecule has 3 nitrogen and oxygen atoms in total.